The fraction of sp³-hybridized carbons (Fsp3) is 0.889. The summed E-state index contributed by atoms with van der Waals surface area (Å²) in [5.74, 6) is 0. The third-order valence-corrected chi connectivity index (χ3v) is 2.46. The Hall–Kier alpha value is -0.770. The summed E-state index contributed by atoms with van der Waals surface area (Å²) in [4.78, 5) is 13.1. The summed E-state index contributed by atoms with van der Waals surface area (Å²) >= 11 is 0. The Bertz CT molecular complexity index is 215. The van der Waals surface area contributed by atoms with Crippen LogP contribution in [0.5, 0.6) is 0 Å². The molecule has 0 atom stereocenters. The number of likely N-dealkylation sites (tertiary alicyclic amines) is 1. The zero-order valence-electron chi connectivity index (χ0n) is 8.08. The maximum Gasteiger partial charge on any atom is 0.410 e. The lowest BCUT2D eigenvalue weighted by Crippen LogP contribution is -2.67. The van der Waals surface area contributed by atoms with E-state index in [1.54, 1.807) is 4.90 Å². The Kier molecular flexibility index (Phi) is 1.95. The van der Waals surface area contributed by atoms with Crippen LogP contribution in [-0.2, 0) is 9.47 Å². The fourth-order valence-corrected chi connectivity index (χ4v) is 1.74. The van der Waals surface area contributed by atoms with Crippen LogP contribution in [0.2, 0.25) is 0 Å². The normalized spacial score (nSPS) is 24.1. The van der Waals surface area contributed by atoms with Crippen molar-refractivity contribution in [1.82, 2.24) is 4.90 Å². The van der Waals surface area contributed by atoms with E-state index in [1.807, 2.05) is 13.8 Å². The zero-order valence-corrected chi connectivity index (χ0v) is 8.08. The van der Waals surface area contributed by atoms with Crippen LogP contribution in [0, 0.1) is 5.41 Å². The molecule has 0 N–H and O–H groups in total. The number of nitrogens with zero attached hydrogens (tertiary/aromatic N) is 1. The minimum atomic E-state index is -0.187. The molecule has 13 heavy (non-hydrogen) atoms. The Labute approximate surface area is 77.8 Å². The van der Waals surface area contributed by atoms with Gasteiger partial charge in [-0.25, -0.2) is 4.79 Å². The fourth-order valence-electron chi connectivity index (χ4n) is 1.74. The summed E-state index contributed by atoms with van der Waals surface area (Å²) in [5, 5.41) is 0. The van der Waals surface area contributed by atoms with Crippen LogP contribution in [0.4, 0.5) is 4.79 Å². The molecule has 4 nitrogen and oxygen atoms in total. The van der Waals surface area contributed by atoms with Gasteiger partial charge in [-0.2, -0.15) is 0 Å². The van der Waals surface area contributed by atoms with E-state index in [0.717, 1.165) is 26.3 Å². The Morgan fingerprint density at radius 1 is 1.46 bits per heavy atom. The summed E-state index contributed by atoms with van der Waals surface area (Å²) < 4.78 is 10.2. The van der Waals surface area contributed by atoms with E-state index in [4.69, 9.17) is 9.47 Å². The lowest BCUT2D eigenvalue weighted by Gasteiger charge is -2.54. The highest BCUT2D eigenvalue weighted by Crippen LogP contribution is 2.37. The molecule has 2 saturated heterocycles. The van der Waals surface area contributed by atoms with Crippen LogP contribution in [0.25, 0.3) is 0 Å². The first kappa shape index (κ1) is 8.81. The number of hydrogen-bond acceptors (Lipinski definition) is 3. The van der Waals surface area contributed by atoms with Gasteiger partial charge in [-0.05, 0) is 13.8 Å². The monoisotopic (exact) mass is 185 g/mol. The van der Waals surface area contributed by atoms with Crippen LogP contribution in [0.15, 0.2) is 0 Å². The molecule has 2 aliphatic rings. The number of carbonyl (C=O) groups excluding carboxylic acids is 1. The SMILES string of the molecule is CC(C)OC(=O)N1CC2(COC2)C1. The molecule has 0 bridgehead atoms. The highest BCUT2D eigenvalue weighted by atomic mass is 16.6. The highest BCUT2D eigenvalue weighted by Gasteiger charge is 2.51. The first-order valence-corrected chi connectivity index (χ1v) is 4.65. The van der Waals surface area contributed by atoms with E-state index in [1.165, 1.54) is 0 Å². The number of hydrogen-bond donors (Lipinski definition) is 0. The van der Waals surface area contributed by atoms with Crippen LogP contribution in [0.3, 0.4) is 0 Å². The van der Waals surface area contributed by atoms with Gasteiger partial charge in [0.05, 0.1) is 24.7 Å². The quantitative estimate of drug-likeness (QED) is 0.608. The van der Waals surface area contributed by atoms with Crippen molar-refractivity contribution < 1.29 is 14.3 Å². The summed E-state index contributed by atoms with van der Waals surface area (Å²) in [6.45, 7) is 6.94. The van der Waals surface area contributed by atoms with Crippen LogP contribution in [-0.4, -0.2) is 43.4 Å². The number of rotatable bonds is 1. The molecule has 1 spiro atoms. The van der Waals surface area contributed by atoms with Gasteiger partial charge in [0.15, 0.2) is 0 Å². The Morgan fingerprint density at radius 2 is 2.08 bits per heavy atom. The molecule has 2 aliphatic heterocycles. The third kappa shape index (κ3) is 1.50. The molecular formula is C9H15NO3. The second-order valence-corrected chi connectivity index (χ2v) is 4.28. The molecular weight excluding hydrogens is 170 g/mol. The molecule has 74 valence electrons. The van der Waals surface area contributed by atoms with Crippen molar-refractivity contribution in [2.45, 2.75) is 20.0 Å². The molecule has 0 aromatic heterocycles. The van der Waals surface area contributed by atoms with Crippen molar-refractivity contribution in [2.24, 2.45) is 5.41 Å². The molecule has 0 unspecified atom stereocenters. The van der Waals surface area contributed by atoms with Crippen LogP contribution < -0.4 is 0 Å². The molecule has 2 rings (SSSR count). The summed E-state index contributed by atoms with van der Waals surface area (Å²) in [6.07, 6.45) is -0.214. The number of carbonyl (C=O) groups is 1. The minimum Gasteiger partial charge on any atom is -0.447 e. The molecule has 0 aromatic rings. The number of ether oxygens (including phenoxy) is 2. The zero-order chi connectivity index (χ0) is 9.47. The molecule has 2 heterocycles. The van der Waals surface area contributed by atoms with Gasteiger partial charge in [0, 0.05) is 13.1 Å². The molecule has 4 heteroatoms. The van der Waals surface area contributed by atoms with Crippen molar-refractivity contribution in [2.75, 3.05) is 26.3 Å². The van der Waals surface area contributed by atoms with E-state index in [9.17, 15) is 4.79 Å². The average Bonchev–Trinajstić information content (AvgIpc) is 1.77. The molecule has 0 aliphatic carbocycles. The van der Waals surface area contributed by atoms with Crippen molar-refractivity contribution >= 4 is 6.09 Å². The molecule has 0 aromatic carbocycles. The van der Waals surface area contributed by atoms with Gasteiger partial charge in [0.1, 0.15) is 0 Å². The first-order chi connectivity index (χ1) is 6.11. The van der Waals surface area contributed by atoms with Gasteiger partial charge in [-0.1, -0.05) is 0 Å². The van der Waals surface area contributed by atoms with E-state index in [0.29, 0.717) is 0 Å². The predicted octanol–water partition coefficient (Wildman–Crippen LogP) is 0.864. The standard InChI is InChI=1S/C9H15NO3/c1-7(2)13-8(11)10-3-9(4-10)5-12-6-9/h7H,3-6H2,1-2H3. The largest absolute Gasteiger partial charge is 0.447 e. The Balaban J connectivity index is 1.76. The summed E-state index contributed by atoms with van der Waals surface area (Å²) in [7, 11) is 0. The van der Waals surface area contributed by atoms with Crippen molar-refractivity contribution in [1.29, 1.82) is 0 Å². The average molecular weight is 185 g/mol. The van der Waals surface area contributed by atoms with Gasteiger partial charge >= 0.3 is 6.09 Å². The van der Waals surface area contributed by atoms with E-state index >= 15 is 0 Å². The second-order valence-electron chi connectivity index (χ2n) is 4.28. The van der Waals surface area contributed by atoms with Crippen molar-refractivity contribution in [3.05, 3.63) is 0 Å². The van der Waals surface area contributed by atoms with E-state index < -0.39 is 0 Å². The summed E-state index contributed by atoms with van der Waals surface area (Å²) in [5.41, 5.74) is 0.288. The van der Waals surface area contributed by atoms with E-state index in [-0.39, 0.29) is 17.6 Å². The minimum absolute atomic E-state index is 0.0262. The Morgan fingerprint density at radius 3 is 2.46 bits per heavy atom. The molecule has 0 saturated carbocycles. The summed E-state index contributed by atoms with van der Waals surface area (Å²) in [6, 6.07) is 0. The van der Waals surface area contributed by atoms with Gasteiger partial charge in [-0.15, -0.1) is 0 Å². The number of amides is 1. The molecule has 2 fully saturated rings. The smallest absolute Gasteiger partial charge is 0.410 e. The van der Waals surface area contributed by atoms with Crippen LogP contribution in [0.1, 0.15) is 13.8 Å². The van der Waals surface area contributed by atoms with Crippen molar-refractivity contribution in [3.8, 4) is 0 Å². The lowest BCUT2D eigenvalue weighted by molar-refractivity contribution is -0.180. The predicted molar refractivity (Wildman–Crippen MR) is 46.4 cm³/mol. The highest BCUT2D eigenvalue weighted by molar-refractivity contribution is 5.69. The third-order valence-electron chi connectivity index (χ3n) is 2.46. The van der Waals surface area contributed by atoms with Gasteiger partial charge in [0.25, 0.3) is 0 Å². The topological polar surface area (TPSA) is 38.8 Å². The molecule has 0 radical (unpaired) electrons. The van der Waals surface area contributed by atoms with Crippen LogP contribution >= 0.6 is 0 Å². The second kappa shape index (κ2) is 2.87. The maximum atomic E-state index is 11.3. The van der Waals surface area contributed by atoms with E-state index in [2.05, 4.69) is 0 Å². The van der Waals surface area contributed by atoms with Gasteiger partial charge in [-0.3, -0.25) is 0 Å². The lowest BCUT2D eigenvalue weighted by atomic mass is 9.78. The molecule has 1 amide bonds. The van der Waals surface area contributed by atoms with Gasteiger partial charge in [0.2, 0.25) is 0 Å². The maximum absolute atomic E-state index is 11.3. The van der Waals surface area contributed by atoms with Crippen molar-refractivity contribution in [3.63, 3.8) is 0 Å². The van der Waals surface area contributed by atoms with Gasteiger partial charge < -0.3 is 14.4 Å². The first-order valence-electron chi connectivity index (χ1n) is 4.65.